The first-order chi connectivity index (χ1) is 13.4. The number of aliphatic carboxylic acids is 2. The summed E-state index contributed by atoms with van der Waals surface area (Å²) in [5, 5.41) is 24.3. The Balaban J connectivity index is 5.32. The molecule has 14 heteroatoms. The molecule has 29 heavy (non-hydrogen) atoms. The van der Waals surface area contributed by atoms with E-state index in [0.29, 0.717) is 0 Å². The van der Waals surface area contributed by atoms with Crippen LogP contribution in [0.15, 0.2) is 0 Å². The van der Waals surface area contributed by atoms with Gasteiger partial charge < -0.3 is 37.6 Å². The molecule has 0 saturated carbocycles. The predicted molar refractivity (Wildman–Crippen MR) is 102 cm³/mol. The highest BCUT2D eigenvalue weighted by Crippen LogP contribution is 2.02. The molecule has 0 aliphatic heterocycles. The normalized spacial score (nSPS) is 14.6. The van der Waals surface area contributed by atoms with Gasteiger partial charge >= 0.3 is 11.9 Å². The van der Waals surface area contributed by atoms with Crippen molar-refractivity contribution in [1.29, 1.82) is 0 Å². The first-order valence-corrected chi connectivity index (χ1v) is 9.02. The lowest BCUT2D eigenvalue weighted by Crippen LogP contribution is -2.57. The van der Waals surface area contributed by atoms with Crippen molar-refractivity contribution in [3.63, 3.8) is 0 Å². The van der Waals surface area contributed by atoms with E-state index in [1.165, 1.54) is 6.92 Å². The Labute approximate surface area is 171 Å². The largest absolute Gasteiger partial charge is 0.481 e. The maximum Gasteiger partial charge on any atom is 0.326 e. The van der Waals surface area contributed by atoms with Crippen molar-refractivity contribution in [3.05, 3.63) is 0 Å². The zero-order valence-electron chi connectivity index (χ0n) is 15.6. The van der Waals surface area contributed by atoms with E-state index in [1.807, 2.05) is 5.32 Å². The van der Waals surface area contributed by atoms with Crippen molar-refractivity contribution in [3.8, 4) is 0 Å². The van der Waals surface area contributed by atoms with Crippen LogP contribution in [0.3, 0.4) is 0 Å². The highest BCUT2D eigenvalue weighted by atomic mass is 32.1. The van der Waals surface area contributed by atoms with Gasteiger partial charge in [-0.05, 0) is 13.3 Å². The van der Waals surface area contributed by atoms with E-state index in [2.05, 4.69) is 23.3 Å². The highest BCUT2D eigenvalue weighted by molar-refractivity contribution is 7.80. The summed E-state index contributed by atoms with van der Waals surface area (Å²) in [4.78, 5) is 69.3. The summed E-state index contributed by atoms with van der Waals surface area (Å²) in [5.74, 6) is -6.53. The van der Waals surface area contributed by atoms with Crippen LogP contribution in [0.2, 0.25) is 0 Å². The third-order valence-electron chi connectivity index (χ3n) is 3.53. The standard InChI is InChI=1S/C15H25N5O8S/c1-6(16)12(24)20-9(5-29)14(26)18-7(2-3-10(17)21)13(25)19-8(15(27)28)4-11(22)23/h6-9,29H,2-5,16H2,1H3,(H2,17,21)(H,18,26)(H,19,25)(H,20,24)(H,22,23)(H,27,28). The number of primary amides is 1. The molecular weight excluding hydrogens is 410 g/mol. The third-order valence-corrected chi connectivity index (χ3v) is 3.90. The number of amides is 4. The smallest absolute Gasteiger partial charge is 0.326 e. The van der Waals surface area contributed by atoms with Crippen LogP contribution in [-0.2, 0) is 28.8 Å². The van der Waals surface area contributed by atoms with Crippen molar-refractivity contribution in [2.45, 2.75) is 50.4 Å². The van der Waals surface area contributed by atoms with Gasteiger partial charge in [-0.2, -0.15) is 12.6 Å². The second-order valence-corrected chi connectivity index (χ2v) is 6.46. The Kier molecular flexibility index (Phi) is 11.3. The molecule has 4 unspecified atom stereocenters. The summed E-state index contributed by atoms with van der Waals surface area (Å²) in [6.45, 7) is 1.39. The van der Waals surface area contributed by atoms with Crippen molar-refractivity contribution in [2.24, 2.45) is 11.5 Å². The number of rotatable bonds is 13. The van der Waals surface area contributed by atoms with Crippen LogP contribution < -0.4 is 27.4 Å². The summed E-state index contributed by atoms with van der Waals surface area (Å²) >= 11 is 3.94. The van der Waals surface area contributed by atoms with Crippen LogP contribution in [0.1, 0.15) is 26.2 Å². The molecule has 0 bridgehead atoms. The Morgan fingerprint density at radius 2 is 1.38 bits per heavy atom. The first kappa shape index (κ1) is 26.1. The van der Waals surface area contributed by atoms with E-state index in [4.69, 9.17) is 21.7 Å². The van der Waals surface area contributed by atoms with Crippen molar-refractivity contribution < 1.29 is 39.0 Å². The summed E-state index contributed by atoms with van der Waals surface area (Å²) in [7, 11) is 0. The molecule has 4 atom stereocenters. The molecule has 13 nitrogen and oxygen atoms in total. The van der Waals surface area contributed by atoms with Crippen molar-refractivity contribution >= 4 is 48.2 Å². The molecule has 0 radical (unpaired) electrons. The van der Waals surface area contributed by atoms with Crippen molar-refractivity contribution in [1.82, 2.24) is 16.0 Å². The lowest BCUT2D eigenvalue weighted by Gasteiger charge is -2.23. The number of hydrogen-bond donors (Lipinski definition) is 8. The Hall–Kier alpha value is -2.87. The molecule has 0 heterocycles. The van der Waals surface area contributed by atoms with Crippen LogP contribution in [0, 0.1) is 0 Å². The second-order valence-electron chi connectivity index (χ2n) is 6.10. The number of nitrogens with two attached hydrogens (primary N) is 2. The number of nitrogens with one attached hydrogen (secondary N) is 3. The number of carbonyl (C=O) groups is 6. The third kappa shape index (κ3) is 10.3. The van der Waals surface area contributed by atoms with Gasteiger partial charge in [0.05, 0.1) is 12.5 Å². The van der Waals surface area contributed by atoms with E-state index in [9.17, 15) is 28.8 Å². The van der Waals surface area contributed by atoms with Gasteiger partial charge in [-0.25, -0.2) is 4.79 Å². The quantitative estimate of drug-likeness (QED) is 0.134. The Morgan fingerprint density at radius 3 is 1.79 bits per heavy atom. The second kappa shape index (κ2) is 12.6. The fourth-order valence-electron chi connectivity index (χ4n) is 1.97. The maximum atomic E-state index is 12.4. The van der Waals surface area contributed by atoms with Crippen LogP contribution >= 0.6 is 12.6 Å². The van der Waals surface area contributed by atoms with Gasteiger partial charge in [0, 0.05) is 12.2 Å². The fourth-order valence-corrected chi connectivity index (χ4v) is 2.23. The van der Waals surface area contributed by atoms with Gasteiger partial charge in [-0.3, -0.25) is 24.0 Å². The van der Waals surface area contributed by atoms with Crippen LogP contribution in [-0.4, -0.2) is 75.7 Å². The Morgan fingerprint density at radius 1 is 0.897 bits per heavy atom. The molecule has 0 rings (SSSR count). The molecule has 0 fully saturated rings. The lowest BCUT2D eigenvalue weighted by molar-refractivity contribution is -0.147. The predicted octanol–water partition coefficient (Wildman–Crippen LogP) is -3.46. The number of carbonyl (C=O) groups excluding carboxylic acids is 4. The summed E-state index contributed by atoms with van der Waals surface area (Å²) in [5.41, 5.74) is 10.4. The van der Waals surface area contributed by atoms with Crippen LogP contribution in [0.5, 0.6) is 0 Å². The Bertz CT molecular complexity index is 657. The molecule has 0 aromatic carbocycles. The fraction of sp³-hybridized carbons (Fsp3) is 0.600. The zero-order chi connectivity index (χ0) is 22.7. The molecule has 0 aliphatic rings. The molecule has 0 aliphatic carbocycles. The van der Waals surface area contributed by atoms with E-state index in [0.717, 1.165) is 0 Å². The average molecular weight is 435 g/mol. The minimum Gasteiger partial charge on any atom is -0.481 e. The number of carboxylic acids is 2. The lowest BCUT2D eigenvalue weighted by atomic mass is 10.1. The molecule has 0 saturated heterocycles. The maximum absolute atomic E-state index is 12.4. The van der Waals surface area contributed by atoms with Gasteiger partial charge in [0.25, 0.3) is 0 Å². The molecule has 9 N–H and O–H groups in total. The number of hydrogen-bond acceptors (Lipinski definition) is 8. The van der Waals surface area contributed by atoms with E-state index < -0.39 is 66.2 Å². The monoisotopic (exact) mass is 435 g/mol. The zero-order valence-corrected chi connectivity index (χ0v) is 16.5. The molecule has 4 amide bonds. The van der Waals surface area contributed by atoms with Gasteiger partial charge in [-0.15, -0.1) is 0 Å². The topological polar surface area (TPSA) is 231 Å². The average Bonchev–Trinajstić information content (AvgIpc) is 2.60. The van der Waals surface area contributed by atoms with Crippen molar-refractivity contribution in [2.75, 3.05) is 5.75 Å². The number of thiol groups is 1. The summed E-state index contributed by atoms with van der Waals surface area (Å²) in [6.07, 6.45) is -1.51. The van der Waals surface area contributed by atoms with E-state index in [-0.39, 0.29) is 18.6 Å². The van der Waals surface area contributed by atoms with Crippen LogP contribution in [0.25, 0.3) is 0 Å². The molecule has 0 spiro atoms. The summed E-state index contributed by atoms with van der Waals surface area (Å²) < 4.78 is 0. The van der Waals surface area contributed by atoms with Gasteiger partial charge in [0.15, 0.2) is 0 Å². The first-order valence-electron chi connectivity index (χ1n) is 8.39. The van der Waals surface area contributed by atoms with E-state index >= 15 is 0 Å². The summed E-state index contributed by atoms with van der Waals surface area (Å²) in [6, 6.07) is -5.26. The minimum atomic E-state index is -1.76. The number of carboxylic acid groups (broad SMARTS) is 2. The minimum absolute atomic E-state index is 0.148. The molecule has 0 aromatic heterocycles. The molecular formula is C15H25N5O8S. The van der Waals surface area contributed by atoms with E-state index in [1.54, 1.807) is 0 Å². The highest BCUT2D eigenvalue weighted by Gasteiger charge is 2.30. The van der Waals surface area contributed by atoms with Gasteiger partial charge in [0.2, 0.25) is 23.6 Å². The van der Waals surface area contributed by atoms with Gasteiger partial charge in [0.1, 0.15) is 18.1 Å². The van der Waals surface area contributed by atoms with Crippen LogP contribution in [0.4, 0.5) is 0 Å². The molecule has 164 valence electrons. The molecule has 0 aromatic rings. The SMILES string of the molecule is CC(N)C(=O)NC(CS)C(=O)NC(CCC(N)=O)C(=O)NC(CC(=O)O)C(=O)O. The van der Waals surface area contributed by atoms with Gasteiger partial charge in [-0.1, -0.05) is 0 Å².